The van der Waals surface area contributed by atoms with Crippen LogP contribution in [0.25, 0.3) is 0 Å². The molecule has 0 radical (unpaired) electrons. The highest BCUT2D eigenvalue weighted by Gasteiger charge is 2.30. The molecule has 1 rings (SSSR count). The number of hydrogen-bond acceptors (Lipinski definition) is 3. The van der Waals surface area contributed by atoms with Crippen LogP contribution in [0.4, 0.5) is 4.79 Å². The van der Waals surface area contributed by atoms with Crippen LogP contribution in [-0.2, 0) is 9.53 Å². The van der Waals surface area contributed by atoms with Gasteiger partial charge in [-0.3, -0.25) is 0 Å². The molecule has 0 bridgehead atoms. The molecule has 1 saturated heterocycles. The highest BCUT2D eigenvalue weighted by atomic mass is 16.5. The minimum atomic E-state index is -0.931. The first-order valence-electron chi connectivity index (χ1n) is 7.40. The summed E-state index contributed by atoms with van der Waals surface area (Å²) in [5, 5.41) is 14.5. The molecule has 0 spiro atoms. The van der Waals surface area contributed by atoms with E-state index in [0.717, 1.165) is 12.8 Å². The number of nitrogens with one attached hydrogen (secondary N) is 2. The van der Waals surface area contributed by atoms with Gasteiger partial charge in [0.1, 0.15) is 0 Å². The van der Waals surface area contributed by atoms with Crippen LogP contribution in [0.5, 0.6) is 0 Å². The molecule has 3 N–H and O–H groups in total. The lowest BCUT2D eigenvalue weighted by Crippen LogP contribution is -2.46. The Balaban J connectivity index is 2.25. The largest absolute Gasteiger partial charge is 0.479 e. The molecular formula is C14H26N2O4. The standard InChI is InChI=1S/C14H26N2O4/c1-4-10(5-2)9(3)16-14(19)15-8-11-6-7-12(20-11)13(17)18/h9-12H,4-8H2,1-3H3,(H,17,18)(H2,15,16,19). The van der Waals surface area contributed by atoms with Crippen molar-refractivity contribution in [1.29, 1.82) is 0 Å². The number of carbonyl (C=O) groups excluding carboxylic acids is 1. The van der Waals surface area contributed by atoms with E-state index < -0.39 is 12.1 Å². The lowest BCUT2D eigenvalue weighted by atomic mass is 9.96. The summed E-state index contributed by atoms with van der Waals surface area (Å²) < 4.78 is 5.33. The second-order valence-corrected chi connectivity index (χ2v) is 5.38. The zero-order valence-corrected chi connectivity index (χ0v) is 12.5. The Kier molecular flexibility index (Phi) is 6.78. The van der Waals surface area contributed by atoms with E-state index in [1.807, 2.05) is 6.92 Å². The van der Waals surface area contributed by atoms with Crippen molar-refractivity contribution < 1.29 is 19.4 Å². The maximum atomic E-state index is 11.8. The first-order chi connectivity index (χ1) is 9.47. The number of aliphatic carboxylic acids is 1. The van der Waals surface area contributed by atoms with Gasteiger partial charge in [0.25, 0.3) is 0 Å². The number of amides is 2. The van der Waals surface area contributed by atoms with Gasteiger partial charge in [-0.05, 0) is 25.7 Å². The van der Waals surface area contributed by atoms with E-state index in [1.54, 1.807) is 0 Å². The molecule has 3 unspecified atom stereocenters. The van der Waals surface area contributed by atoms with Crippen molar-refractivity contribution in [2.45, 2.75) is 64.7 Å². The smallest absolute Gasteiger partial charge is 0.332 e. The fraction of sp³-hybridized carbons (Fsp3) is 0.857. The van der Waals surface area contributed by atoms with Gasteiger partial charge in [0.05, 0.1) is 6.10 Å². The van der Waals surface area contributed by atoms with Crippen LogP contribution in [0.1, 0.15) is 46.5 Å². The molecule has 3 atom stereocenters. The quantitative estimate of drug-likeness (QED) is 0.665. The van der Waals surface area contributed by atoms with Crippen molar-refractivity contribution in [3.05, 3.63) is 0 Å². The average Bonchev–Trinajstić information content (AvgIpc) is 2.86. The molecule has 6 nitrogen and oxygen atoms in total. The first kappa shape index (κ1) is 16.8. The summed E-state index contributed by atoms with van der Waals surface area (Å²) in [6.45, 7) is 6.58. The maximum absolute atomic E-state index is 11.8. The molecule has 2 amide bonds. The Morgan fingerprint density at radius 1 is 1.30 bits per heavy atom. The van der Waals surface area contributed by atoms with Gasteiger partial charge in [-0.25, -0.2) is 9.59 Å². The van der Waals surface area contributed by atoms with Crippen LogP contribution in [0.15, 0.2) is 0 Å². The molecule has 1 heterocycles. The van der Waals surface area contributed by atoms with E-state index >= 15 is 0 Å². The van der Waals surface area contributed by atoms with Crippen molar-refractivity contribution in [2.24, 2.45) is 5.92 Å². The lowest BCUT2D eigenvalue weighted by molar-refractivity contribution is -0.149. The molecule has 1 aliphatic heterocycles. The van der Waals surface area contributed by atoms with Gasteiger partial charge in [-0.1, -0.05) is 26.7 Å². The van der Waals surface area contributed by atoms with E-state index in [0.29, 0.717) is 25.3 Å². The van der Waals surface area contributed by atoms with Crippen LogP contribution >= 0.6 is 0 Å². The number of carboxylic acids is 1. The van der Waals surface area contributed by atoms with Crippen molar-refractivity contribution in [3.63, 3.8) is 0 Å². The lowest BCUT2D eigenvalue weighted by Gasteiger charge is -2.23. The summed E-state index contributed by atoms with van der Waals surface area (Å²) in [6, 6.07) is -0.0898. The number of rotatable bonds is 7. The number of ether oxygens (including phenoxy) is 1. The maximum Gasteiger partial charge on any atom is 0.332 e. The van der Waals surface area contributed by atoms with Crippen LogP contribution < -0.4 is 10.6 Å². The molecule has 1 aliphatic rings. The minimum absolute atomic E-state index is 0.126. The van der Waals surface area contributed by atoms with Gasteiger partial charge < -0.3 is 20.5 Å². The monoisotopic (exact) mass is 286 g/mol. The molecule has 0 aromatic heterocycles. The van der Waals surface area contributed by atoms with Crippen LogP contribution in [-0.4, -0.2) is 41.9 Å². The summed E-state index contributed by atoms with van der Waals surface area (Å²) in [7, 11) is 0. The zero-order valence-electron chi connectivity index (χ0n) is 12.5. The Morgan fingerprint density at radius 2 is 1.95 bits per heavy atom. The summed E-state index contributed by atoms with van der Waals surface area (Å²) in [5.74, 6) is -0.459. The van der Waals surface area contributed by atoms with E-state index in [9.17, 15) is 9.59 Å². The molecule has 0 aromatic rings. The molecule has 0 saturated carbocycles. The minimum Gasteiger partial charge on any atom is -0.479 e. The summed E-state index contributed by atoms with van der Waals surface area (Å²) >= 11 is 0. The van der Waals surface area contributed by atoms with Gasteiger partial charge >= 0.3 is 12.0 Å². The molecular weight excluding hydrogens is 260 g/mol. The van der Waals surface area contributed by atoms with Crippen molar-refractivity contribution >= 4 is 12.0 Å². The third-order valence-corrected chi connectivity index (χ3v) is 3.99. The SMILES string of the molecule is CCC(CC)C(C)NC(=O)NCC1CCC(C(=O)O)O1. The fourth-order valence-corrected chi connectivity index (χ4v) is 2.62. The van der Waals surface area contributed by atoms with Crippen molar-refractivity contribution in [3.8, 4) is 0 Å². The normalized spacial score (nSPS) is 23.6. The van der Waals surface area contributed by atoms with Crippen molar-refractivity contribution in [2.75, 3.05) is 6.54 Å². The molecule has 1 fully saturated rings. The number of carbonyl (C=O) groups is 2. The number of hydrogen-bond donors (Lipinski definition) is 3. The Morgan fingerprint density at radius 3 is 2.45 bits per heavy atom. The van der Waals surface area contributed by atoms with Gasteiger partial charge in [-0.15, -0.1) is 0 Å². The molecule has 0 aliphatic carbocycles. The van der Waals surface area contributed by atoms with Gasteiger partial charge in [-0.2, -0.15) is 0 Å². The van der Waals surface area contributed by atoms with E-state index in [2.05, 4.69) is 24.5 Å². The van der Waals surface area contributed by atoms with Gasteiger partial charge in [0, 0.05) is 12.6 Å². The van der Waals surface area contributed by atoms with Crippen LogP contribution in [0, 0.1) is 5.92 Å². The predicted molar refractivity (Wildman–Crippen MR) is 75.6 cm³/mol. The molecule has 0 aromatic carbocycles. The predicted octanol–water partition coefficient (Wildman–Crippen LogP) is 1.74. The third-order valence-electron chi connectivity index (χ3n) is 3.99. The first-order valence-corrected chi connectivity index (χ1v) is 7.40. The molecule has 6 heteroatoms. The highest BCUT2D eigenvalue weighted by molar-refractivity contribution is 5.74. The average molecular weight is 286 g/mol. The summed E-state index contributed by atoms with van der Waals surface area (Å²) in [6.07, 6.45) is 2.31. The zero-order chi connectivity index (χ0) is 15.1. The van der Waals surface area contributed by atoms with Gasteiger partial charge in [0.2, 0.25) is 0 Å². The topological polar surface area (TPSA) is 87.7 Å². The Bertz CT molecular complexity index is 331. The summed E-state index contributed by atoms with van der Waals surface area (Å²) in [5.41, 5.74) is 0. The number of urea groups is 1. The van der Waals surface area contributed by atoms with Crippen LogP contribution in [0.2, 0.25) is 0 Å². The Labute approximate surface area is 120 Å². The molecule has 20 heavy (non-hydrogen) atoms. The number of carboxylic acid groups (broad SMARTS) is 1. The second-order valence-electron chi connectivity index (χ2n) is 5.38. The second kappa shape index (κ2) is 8.09. The van der Waals surface area contributed by atoms with E-state index in [4.69, 9.17) is 9.84 Å². The third kappa shape index (κ3) is 5.00. The summed E-state index contributed by atoms with van der Waals surface area (Å²) in [4.78, 5) is 22.5. The van der Waals surface area contributed by atoms with E-state index in [1.165, 1.54) is 0 Å². The van der Waals surface area contributed by atoms with E-state index in [-0.39, 0.29) is 18.2 Å². The van der Waals surface area contributed by atoms with Crippen molar-refractivity contribution in [1.82, 2.24) is 10.6 Å². The van der Waals surface area contributed by atoms with Gasteiger partial charge in [0.15, 0.2) is 6.10 Å². The van der Waals surface area contributed by atoms with Crippen LogP contribution in [0.3, 0.4) is 0 Å². The highest BCUT2D eigenvalue weighted by Crippen LogP contribution is 2.19. The Hall–Kier alpha value is -1.30. The fourth-order valence-electron chi connectivity index (χ4n) is 2.62. The molecule has 116 valence electrons.